The van der Waals surface area contributed by atoms with E-state index in [1.54, 1.807) is 18.2 Å². The van der Waals surface area contributed by atoms with Crippen molar-refractivity contribution in [1.29, 1.82) is 0 Å². The van der Waals surface area contributed by atoms with E-state index in [4.69, 9.17) is 9.47 Å². The Bertz CT molecular complexity index is 1280. The highest BCUT2D eigenvalue weighted by atomic mass is 32.2. The molecule has 2 aromatic carbocycles. The van der Waals surface area contributed by atoms with E-state index < -0.39 is 10.0 Å². The van der Waals surface area contributed by atoms with E-state index in [0.717, 1.165) is 0 Å². The van der Waals surface area contributed by atoms with Crippen LogP contribution in [0.1, 0.15) is 5.82 Å². The van der Waals surface area contributed by atoms with E-state index in [0.29, 0.717) is 74.2 Å². The second-order valence-electron chi connectivity index (χ2n) is 7.67. The predicted octanol–water partition coefficient (Wildman–Crippen LogP) is -0.216. The maximum absolute atomic E-state index is 13.1. The molecule has 1 aromatic heterocycles. The number of quaternary nitrogens is 1. The normalized spacial score (nSPS) is 17.7. The molecule has 0 aliphatic carbocycles. The molecule has 1 saturated heterocycles. The number of piperazine rings is 1. The summed E-state index contributed by atoms with van der Waals surface area (Å²) in [7, 11) is -3.62. The third-order valence-electron chi connectivity index (χ3n) is 5.66. The fraction of sp³-hybridized carbons (Fsp3) is 0.333. The highest BCUT2D eigenvalue weighted by molar-refractivity contribution is 7.89. The summed E-state index contributed by atoms with van der Waals surface area (Å²) in [5, 5.41) is 0.566. The molecule has 5 rings (SSSR count). The number of benzene rings is 2. The summed E-state index contributed by atoms with van der Waals surface area (Å²) in [6.07, 6.45) is 0. The van der Waals surface area contributed by atoms with Crippen molar-refractivity contribution in [1.82, 2.24) is 14.3 Å². The molecule has 2 aliphatic rings. The van der Waals surface area contributed by atoms with E-state index in [2.05, 4.69) is 9.97 Å². The minimum absolute atomic E-state index is 0.153. The van der Waals surface area contributed by atoms with Crippen molar-refractivity contribution < 1.29 is 22.8 Å². The first-order valence-electron chi connectivity index (χ1n) is 10.2. The molecule has 9 nitrogen and oxygen atoms in total. The standard InChI is InChI=1S/C21H22N4O5S/c26-21-16-3-1-2-4-17(16)22-20(23-21)14-24-7-9-25(10-8-24)31(27,28)15-5-6-18-19(13-15)30-12-11-29-18/h1-6,13H,7-12,14H2,(H,22,23,26)/p+1. The third-order valence-corrected chi connectivity index (χ3v) is 7.55. The van der Waals surface area contributed by atoms with E-state index in [1.165, 1.54) is 15.3 Å². The number of hydrogen-bond acceptors (Lipinski definition) is 6. The van der Waals surface area contributed by atoms with Crippen LogP contribution in [0.5, 0.6) is 11.5 Å². The van der Waals surface area contributed by atoms with Crippen LogP contribution in [0.3, 0.4) is 0 Å². The van der Waals surface area contributed by atoms with E-state index in [9.17, 15) is 13.2 Å². The zero-order valence-electron chi connectivity index (χ0n) is 16.8. The van der Waals surface area contributed by atoms with Crippen molar-refractivity contribution in [3.63, 3.8) is 0 Å². The van der Waals surface area contributed by atoms with Crippen molar-refractivity contribution in [2.75, 3.05) is 39.4 Å². The van der Waals surface area contributed by atoms with Crippen LogP contribution >= 0.6 is 0 Å². The topological polar surface area (TPSA) is 106 Å². The van der Waals surface area contributed by atoms with Gasteiger partial charge in [0.2, 0.25) is 10.0 Å². The van der Waals surface area contributed by atoms with Crippen LogP contribution in [0.2, 0.25) is 0 Å². The number of nitrogens with one attached hydrogen (secondary N) is 2. The monoisotopic (exact) mass is 443 g/mol. The van der Waals surface area contributed by atoms with Gasteiger partial charge < -0.3 is 19.4 Å². The van der Waals surface area contributed by atoms with Crippen LogP contribution in [0.15, 0.2) is 52.2 Å². The molecular weight excluding hydrogens is 420 g/mol. The Balaban J connectivity index is 1.27. The zero-order chi connectivity index (χ0) is 21.4. The molecule has 2 N–H and O–H groups in total. The number of fused-ring (bicyclic) bond motifs is 2. The largest absolute Gasteiger partial charge is 0.486 e. The number of nitrogens with zero attached hydrogens (tertiary/aromatic N) is 2. The second kappa shape index (κ2) is 7.95. The number of sulfonamides is 1. The van der Waals surface area contributed by atoms with E-state index >= 15 is 0 Å². The maximum Gasteiger partial charge on any atom is 0.258 e. The van der Waals surface area contributed by atoms with Crippen molar-refractivity contribution in [3.8, 4) is 11.5 Å². The highest BCUT2D eigenvalue weighted by Crippen LogP contribution is 2.33. The van der Waals surface area contributed by atoms with Gasteiger partial charge in [0.1, 0.15) is 19.8 Å². The Kier molecular flexibility index (Phi) is 5.12. The van der Waals surface area contributed by atoms with Gasteiger partial charge in [-0.3, -0.25) is 4.79 Å². The minimum Gasteiger partial charge on any atom is -0.486 e. The van der Waals surface area contributed by atoms with Crippen LogP contribution in [0.25, 0.3) is 10.9 Å². The van der Waals surface area contributed by atoms with Crippen molar-refractivity contribution in [3.05, 3.63) is 58.6 Å². The number of ether oxygens (including phenoxy) is 2. The molecule has 31 heavy (non-hydrogen) atoms. The SMILES string of the molecule is O=c1[nH]c(C[NH+]2CCN(S(=O)(=O)c3ccc4c(c3)OCCO4)CC2)nc2ccccc12. The number of aromatic nitrogens is 2. The van der Waals surface area contributed by atoms with Gasteiger partial charge in [0, 0.05) is 6.07 Å². The van der Waals surface area contributed by atoms with Gasteiger partial charge >= 0.3 is 0 Å². The molecule has 0 saturated carbocycles. The zero-order valence-corrected chi connectivity index (χ0v) is 17.7. The first-order valence-corrected chi connectivity index (χ1v) is 11.7. The lowest BCUT2D eigenvalue weighted by atomic mass is 10.2. The minimum atomic E-state index is -3.62. The van der Waals surface area contributed by atoms with Gasteiger partial charge in [-0.25, -0.2) is 13.4 Å². The first-order chi connectivity index (χ1) is 15.0. The van der Waals surface area contributed by atoms with Gasteiger partial charge in [-0.2, -0.15) is 4.31 Å². The Morgan fingerprint density at radius 1 is 1.03 bits per heavy atom. The van der Waals surface area contributed by atoms with E-state index in [-0.39, 0.29) is 10.5 Å². The van der Waals surface area contributed by atoms with Crippen molar-refractivity contribution in [2.24, 2.45) is 0 Å². The van der Waals surface area contributed by atoms with Crippen molar-refractivity contribution in [2.45, 2.75) is 11.4 Å². The predicted molar refractivity (Wildman–Crippen MR) is 113 cm³/mol. The number of aromatic amines is 1. The third kappa shape index (κ3) is 3.89. The summed E-state index contributed by atoms with van der Waals surface area (Å²) >= 11 is 0. The van der Waals surface area contributed by atoms with Crippen molar-refractivity contribution >= 4 is 20.9 Å². The number of para-hydroxylation sites is 1. The maximum atomic E-state index is 13.1. The number of H-pyrrole nitrogens is 1. The summed E-state index contributed by atoms with van der Waals surface area (Å²) in [5.41, 5.74) is 0.514. The molecule has 0 spiro atoms. The molecule has 162 valence electrons. The molecule has 1 fully saturated rings. The molecule has 0 bridgehead atoms. The van der Waals surface area contributed by atoms with Crippen LogP contribution in [-0.2, 0) is 16.6 Å². The molecule has 10 heteroatoms. The lowest BCUT2D eigenvalue weighted by molar-refractivity contribution is -0.917. The molecule has 0 unspecified atom stereocenters. The Labute approximate surface area is 179 Å². The van der Waals surface area contributed by atoms with Gasteiger partial charge in [0.05, 0.1) is 42.0 Å². The number of rotatable bonds is 4. The first kappa shape index (κ1) is 20.0. The summed E-state index contributed by atoms with van der Waals surface area (Å²) in [5.74, 6) is 1.64. The van der Waals surface area contributed by atoms with Crippen LogP contribution in [0, 0.1) is 0 Å². The van der Waals surface area contributed by atoms with Gasteiger partial charge in [0.15, 0.2) is 17.3 Å². The number of hydrogen-bond donors (Lipinski definition) is 2. The molecule has 0 amide bonds. The lowest BCUT2D eigenvalue weighted by Crippen LogP contribution is -3.13. The van der Waals surface area contributed by atoms with Crippen LogP contribution in [0.4, 0.5) is 0 Å². The van der Waals surface area contributed by atoms with Crippen LogP contribution < -0.4 is 19.9 Å². The highest BCUT2D eigenvalue weighted by Gasteiger charge is 2.31. The van der Waals surface area contributed by atoms with Gasteiger partial charge in [-0.05, 0) is 24.3 Å². The smallest absolute Gasteiger partial charge is 0.258 e. The summed E-state index contributed by atoms with van der Waals surface area (Å²) < 4.78 is 38.7. The molecule has 2 aliphatic heterocycles. The van der Waals surface area contributed by atoms with E-state index in [1.807, 2.05) is 18.2 Å². The second-order valence-corrected chi connectivity index (χ2v) is 9.60. The molecule has 0 radical (unpaired) electrons. The van der Waals surface area contributed by atoms with Gasteiger partial charge in [-0.1, -0.05) is 12.1 Å². The fourth-order valence-corrected chi connectivity index (χ4v) is 5.47. The molecule has 3 aromatic rings. The average molecular weight is 444 g/mol. The van der Waals surface area contributed by atoms with Crippen LogP contribution in [-0.4, -0.2) is 62.1 Å². The summed E-state index contributed by atoms with van der Waals surface area (Å²) in [6.45, 7) is 3.44. The van der Waals surface area contributed by atoms with Gasteiger partial charge in [-0.15, -0.1) is 0 Å². The molecule has 3 heterocycles. The average Bonchev–Trinajstić information content (AvgIpc) is 2.79. The Hall–Kier alpha value is -2.95. The fourth-order valence-electron chi connectivity index (χ4n) is 4.01. The van der Waals surface area contributed by atoms with Gasteiger partial charge in [0.25, 0.3) is 5.56 Å². The Morgan fingerprint density at radius 2 is 1.77 bits per heavy atom. The quantitative estimate of drug-likeness (QED) is 0.578. The summed E-state index contributed by atoms with van der Waals surface area (Å²) in [6, 6.07) is 12.0. The molecule has 0 atom stereocenters. The molecular formula is C21H23N4O5S+. The summed E-state index contributed by atoms with van der Waals surface area (Å²) in [4.78, 5) is 21.1. The lowest BCUT2D eigenvalue weighted by Gasteiger charge is -2.31. The Morgan fingerprint density at radius 3 is 2.58 bits per heavy atom.